The summed E-state index contributed by atoms with van der Waals surface area (Å²) >= 11 is 5.97. The van der Waals surface area contributed by atoms with Crippen LogP contribution in [0.4, 0.5) is 5.69 Å². The van der Waals surface area contributed by atoms with Crippen molar-refractivity contribution in [1.82, 2.24) is 9.88 Å². The summed E-state index contributed by atoms with van der Waals surface area (Å²) < 4.78 is 0. The lowest BCUT2D eigenvalue weighted by Crippen LogP contribution is -2.32. The smallest absolute Gasteiger partial charge is 0.256 e. The van der Waals surface area contributed by atoms with Crippen LogP contribution in [0.25, 0.3) is 10.9 Å². The van der Waals surface area contributed by atoms with Gasteiger partial charge in [-0.3, -0.25) is 19.5 Å². The topological polar surface area (TPSA) is 62.3 Å². The molecule has 2 heterocycles. The summed E-state index contributed by atoms with van der Waals surface area (Å²) in [4.78, 5) is 29.0. The van der Waals surface area contributed by atoms with Crippen LogP contribution >= 0.6 is 11.6 Å². The molecule has 0 bridgehead atoms. The van der Waals surface area contributed by atoms with Gasteiger partial charge in [-0.2, -0.15) is 0 Å². The van der Waals surface area contributed by atoms with Crippen molar-refractivity contribution in [2.45, 2.75) is 13.3 Å². The summed E-state index contributed by atoms with van der Waals surface area (Å²) in [6, 6.07) is 7.47. The van der Waals surface area contributed by atoms with E-state index in [-0.39, 0.29) is 11.8 Å². The van der Waals surface area contributed by atoms with Crippen molar-refractivity contribution < 1.29 is 9.59 Å². The van der Waals surface area contributed by atoms with Gasteiger partial charge in [0.15, 0.2) is 0 Å². The number of halogens is 1. The molecule has 0 unspecified atom stereocenters. The standard InChI is InChI=1S/C17H16ClN3O2/c1-11-9-16(22)21(17(11)23)8-2-6-19-14-5-7-20-15-10-12(18)3-4-13(14)15/h3-5,7,9-10H,2,6,8H2,1H3,(H,19,20). The summed E-state index contributed by atoms with van der Waals surface area (Å²) in [5.41, 5.74) is 2.28. The van der Waals surface area contributed by atoms with Gasteiger partial charge in [-0.25, -0.2) is 0 Å². The molecule has 6 heteroatoms. The number of nitrogens with one attached hydrogen (secondary N) is 1. The molecule has 118 valence electrons. The first kappa shape index (κ1) is 15.5. The predicted molar refractivity (Wildman–Crippen MR) is 90.3 cm³/mol. The highest BCUT2D eigenvalue weighted by atomic mass is 35.5. The molecule has 1 aromatic heterocycles. The molecule has 0 atom stereocenters. The van der Waals surface area contributed by atoms with Crippen LogP contribution in [0.15, 0.2) is 42.1 Å². The van der Waals surface area contributed by atoms with Gasteiger partial charge in [-0.05, 0) is 37.6 Å². The van der Waals surface area contributed by atoms with Gasteiger partial charge in [-0.15, -0.1) is 0 Å². The third kappa shape index (κ3) is 3.19. The second kappa shape index (κ2) is 6.38. The zero-order chi connectivity index (χ0) is 16.4. The second-order valence-electron chi connectivity index (χ2n) is 5.42. The molecule has 1 aliphatic heterocycles. The molecule has 0 saturated heterocycles. The molecule has 0 fully saturated rings. The van der Waals surface area contributed by atoms with Crippen LogP contribution in [0.1, 0.15) is 13.3 Å². The van der Waals surface area contributed by atoms with Crippen molar-refractivity contribution in [2.75, 3.05) is 18.4 Å². The van der Waals surface area contributed by atoms with Crippen molar-refractivity contribution in [3.63, 3.8) is 0 Å². The lowest BCUT2D eigenvalue weighted by molar-refractivity contribution is -0.137. The summed E-state index contributed by atoms with van der Waals surface area (Å²) in [6.45, 7) is 2.72. The van der Waals surface area contributed by atoms with E-state index in [0.29, 0.717) is 30.1 Å². The number of fused-ring (bicyclic) bond motifs is 1. The Labute approximate surface area is 138 Å². The fourth-order valence-corrected chi connectivity index (χ4v) is 2.75. The molecule has 1 aliphatic rings. The minimum atomic E-state index is -0.225. The molecule has 1 N–H and O–H groups in total. The van der Waals surface area contributed by atoms with E-state index in [9.17, 15) is 9.59 Å². The fraction of sp³-hybridized carbons (Fsp3) is 0.235. The monoisotopic (exact) mass is 329 g/mol. The Morgan fingerprint density at radius 1 is 1.26 bits per heavy atom. The Kier molecular flexibility index (Phi) is 4.30. The fourth-order valence-electron chi connectivity index (χ4n) is 2.59. The number of pyridine rings is 1. The number of anilines is 1. The lowest BCUT2D eigenvalue weighted by atomic mass is 10.2. The molecule has 2 amide bonds. The number of nitrogens with zero attached hydrogens (tertiary/aromatic N) is 2. The third-order valence-corrected chi connectivity index (χ3v) is 4.00. The first-order valence-corrected chi connectivity index (χ1v) is 7.76. The number of benzene rings is 1. The minimum absolute atomic E-state index is 0.195. The van der Waals surface area contributed by atoms with Crippen LogP contribution in [0.2, 0.25) is 5.02 Å². The van der Waals surface area contributed by atoms with Crippen molar-refractivity contribution in [2.24, 2.45) is 0 Å². The van der Waals surface area contributed by atoms with E-state index in [0.717, 1.165) is 16.6 Å². The zero-order valence-corrected chi connectivity index (χ0v) is 13.4. The quantitative estimate of drug-likeness (QED) is 0.676. The Balaban J connectivity index is 1.60. The highest BCUT2D eigenvalue weighted by Gasteiger charge is 2.27. The van der Waals surface area contributed by atoms with E-state index in [1.807, 2.05) is 24.3 Å². The van der Waals surface area contributed by atoms with Crippen LogP contribution in [0, 0.1) is 0 Å². The van der Waals surface area contributed by atoms with E-state index in [1.165, 1.54) is 11.0 Å². The number of hydrogen-bond acceptors (Lipinski definition) is 4. The van der Waals surface area contributed by atoms with E-state index < -0.39 is 0 Å². The van der Waals surface area contributed by atoms with Crippen LogP contribution in [0.3, 0.4) is 0 Å². The first-order chi connectivity index (χ1) is 11.1. The van der Waals surface area contributed by atoms with Gasteiger partial charge < -0.3 is 5.32 Å². The average Bonchev–Trinajstić information content (AvgIpc) is 2.77. The van der Waals surface area contributed by atoms with Gasteiger partial charge in [0.1, 0.15) is 0 Å². The number of carbonyl (C=O) groups excluding carboxylic acids is 2. The molecule has 0 saturated carbocycles. The molecule has 0 aliphatic carbocycles. The third-order valence-electron chi connectivity index (χ3n) is 3.77. The SMILES string of the molecule is CC1=CC(=O)N(CCCNc2ccnc3cc(Cl)ccc23)C1=O. The van der Waals surface area contributed by atoms with Crippen LogP contribution in [-0.4, -0.2) is 34.8 Å². The number of imide groups is 1. The second-order valence-corrected chi connectivity index (χ2v) is 5.86. The largest absolute Gasteiger partial charge is 0.384 e. The van der Waals surface area contributed by atoms with Crippen molar-refractivity contribution >= 4 is 40.0 Å². The maximum atomic E-state index is 11.8. The van der Waals surface area contributed by atoms with E-state index in [4.69, 9.17) is 11.6 Å². The van der Waals surface area contributed by atoms with E-state index >= 15 is 0 Å². The Hall–Kier alpha value is -2.40. The maximum absolute atomic E-state index is 11.8. The summed E-state index contributed by atoms with van der Waals surface area (Å²) in [6.07, 6.45) is 3.79. The van der Waals surface area contributed by atoms with Gasteiger partial charge in [0.2, 0.25) is 0 Å². The summed E-state index contributed by atoms with van der Waals surface area (Å²) in [5.74, 6) is -0.421. The zero-order valence-electron chi connectivity index (χ0n) is 12.7. The molecule has 2 aromatic rings. The number of amides is 2. The van der Waals surface area contributed by atoms with Crippen molar-refractivity contribution in [1.29, 1.82) is 0 Å². The molecule has 23 heavy (non-hydrogen) atoms. The van der Waals surface area contributed by atoms with E-state index in [1.54, 1.807) is 13.1 Å². The molecular weight excluding hydrogens is 314 g/mol. The number of aromatic nitrogens is 1. The highest BCUT2D eigenvalue weighted by Crippen LogP contribution is 2.24. The number of rotatable bonds is 5. The Bertz CT molecular complexity index is 817. The summed E-state index contributed by atoms with van der Waals surface area (Å²) in [7, 11) is 0. The van der Waals surface area contributed by atoms with Crippen LogP contribution in [0.5, 0.6) is 0 Å². The van der Waals surface area contributed by atoms with Gasteiger partial charge in [0.25, 0.3) is 11.8 Å². The minimum Gasteiger partial charge on any atom is -0.384 e. The van der Waals surface area contributed by atoms with E-state index in [2.05, 4.69) is 10.3 Å². The first-order valence-electron chi connectivity index (χ1n) is 7.38. The van der Waals surface area contributed by atoms with Gasteiger partial charge in [0.05, 0.1) is 5.52 Å². The number of carbonyl (C=O) groups is 2. The molecule has 0 spiro atoms. The van der Waals surface area contributed by atoms with Gasteiger partial charge in [-0.1, -0.05) is 11.6 Å². The van der Waals surface area contributed by atoms with Gasteiger partial charge in [0, 0.05) is 47.0 Å². The average molecular weight is 330 g/mol. The van der Waals surface area contributed by atoms with Crippen LogP contribution < -0.4 is 5.32 Å². The Morgan fingerprint density at radius 2 is 2.09 bits per heavy atom. The maximum Gasteiger partial charge on any atom is 0.256 e. The normalized spacial score (nSPS) is 14.5. The van der Waals surface area contributed by atoms with Crippen molar-refractivity contribution in [3.05, 3.63) is 47.1 Å². The molecule has 3 rings (SSSR count). The number of hydrogen-bond donors (Lipinski definition) is 1. The molecular formula is C17H16ClN3O2. The molecule has 0 radical (unpaired) electrons. The lowest BCUT2D eigenvalue weighted by Gasteiger charge is -2.15. The molecule has 1 aromatic carbocycles. The Morgan fingerprint density at radius 3 is 2.83 bits per heavy atom. The van der Waals surface area contributed by atoms with Crippen molar-refractivity contribution in [3.8, 4) is 0 Å². The predicted octanol–water partition coefficient (Wildman–Crippen LogP) is 3.01. The molecule has 5 nitrogen and oxygen atoms in total. The highest BCUT2D eigenvalue weighted by molar-refractivity contribution is 6.31. The van der Waals surface area contributed by atoms with Gasteiger partial charge >= 0.3 is 0 Å². The van der Waals surface area contributed by atoms with Crippen LogP contribution in [-0.2, 0) is 9.59 Å². The summed E-state index contributed by atoms with van der Waals surface area (Å²) in [5, 5.41) is 4.96.